The fraction of sp³-hybridized carbons (Fsp3) is 0.588. The molecule has 4 nitrogen and oxygen atoms in total. The highest BCUT2D eigenvalue weighted by Gasteiger charge is 2.45. The molecule has 1 unspecified atom stereocenters. The number of amides is 1. The van der Waals surface area contributed by atoms with E-state index in [-0.39, 0.29) is 11.4 Å². The molecule has 1 aliphatic carbocycles. The summed E-state index contributed by atoms with van der Waals surface area (Å²) in [5.74, 6) is 1.72. The molecule has 0 spiro atoms. The van der Waals surface area contributed by atoms with E-state index in [2.05, 4.69) is 22.8 Å². The smallest absolute Gasteiger partial charge is 0.220 e. The van der Waals surface area contributed by atoms with Gasteiger partial charge < -0.3 is 15.4 Å². The van der Waals surface area contributed by atoms with E-state index in [0.29, 0.717) is 12.3 Å². The van der Waals surface area contributed by atoms with Gasteiger partial charge in [-0.1, -0.05) is 12.1 Å². The maximum absolute atomic E-state index is 12.2. The van der Waals surface area contributed by atoms with Gasteiger partial charge >= 0.3 is 0 Å². The lowest BCUT2D eigenvalue weighted by atomic mass is 10.0. The normalized spacial score (nSPS) is 22.8. The van der Waals surface area contributed by atoms with Gasteiger partial charge in [-0.25, -0.2) is 0 Å². The predicted molar refractivity (Wildman–Crippen MR) is 82.3 cm³/mol. The van der Waals surface area contributed by atoms with Crippen LogP contribution in [0.15, 0.2) is 24.3 Å². The molecular weight excluding hydrogens is 264 g/mol. The third-order valence-corrected chi connectivity index (χ3v) is 4.71. The fourth-order valence-corrected chi connectivity index (χ4v) is 3.15. The van der Waals surface area contributed by atoms with Crippen molar-refractivity contribution in [2.24, 2.45) is 5.92 Å². The molecule has 1 saturated carbocycles. The van der Waals surface area contributed by atoms with Crippen LogP contribution in [0, 0.1) is 5.92 Å². The summed E-state index contributed by atoms with van der Waals surface area (Å²) < 4.78 is 5.19. The van der Waals surface area contributed by atoms with E-state index >= 15 is 0 Å². The summed E-state index contributed by atoms with van der Waals surface area (Å²) in [7, 11) is 1.67. The summed E-state index contributed by atoms with van der Waals surface area (Å²) >= 11 is 0. The summed E-state index contributed by atoms with van der Waals surface area (Å²) in [5, 5.41) is 6.59. The predicted octanol–water partition coefficient (Wildman–Crippen LogP) is 2.19. The average molecular weight is 288 g/mol. The highest BCUT2D eigenvalue weighted by Crippen LogP contribution is 2.45. The van der Waals surface area contributed by atoms with E-state index in [0.717, 1.165) is 38.1 Å². The highest BCUT2D eigenvalue weighted by molar-refractivity contribution is 5.77. The highest BCUT2D eigenvalue weighted by atomic mass is 16.5. The third-order valence-electron chi connectivity index (χ3n) is 4.71. The molecule has 1 saturated heterocycles. The van der Waals surface area contributed by atoms with Crippen molar-refractivity contribution in [2.75, 3.05) is 20.2 Å². The van der Waals surface area contributed by atoms with Gasteiger partial charge in [0.2, 0.25) is 5.91 Å². The van der Waals surface area contributed by atoms with Crippen LogP contribution in [0.4, 0.5) is 0 Å². The molecule has 0 aromatic heterocycles. The molecule has 4 heteroatoms. The molecule has 0 bridgehead atoms. The van der Waals surface area contributed by atoms with Gasteiger partial charge in [0.25, 0.3) is 0 Å². The molecule has 2 aliphatic rings. The van der Waals surface area contributed by atoms with Crippen LogP contribution in [-0.4, -0.2) is 26.1 Å². The van der Waals surface area contributed by atoms with Crippen molar-refractivity contribution < 1.29 is 9.53 Å². The number of hydrogen-bond acceptors (Lipinski definition) is 3. The first kappa shape index (κ1) is 14.4. The molecule has 1 amide bonds. The number of carbonyl (C=O) groups is 1. The maximum atomic E-state index is 12.2. The maximum Gasteiger partial charge on any atom is 0.220 e. The molecular formula is C17H24N2O2. The molecule has 1 aromatic rings. The minimum Gasteiger partial charge on any atom is -0.497 e. The summed E-state index contributed by atoms with van der Waals surface area (Å²) in [6, 6.07) is 8.05. The lowest BCUT2D eigenvalue weighted by Crippen LogP contribution is -2.35. The Morgan fingerprint density at radius 1 is 1.38 bits per heavy atom. The SMILES string of the molecule is COc1ccc(C2(NC(=O)CCC3CCNC3)CC2)cc1. The first-order chi connectivity index (χ1) is 10.2. The Labute approximate surface area is 126 Å². The lowest BCUT2D eigenvalue weighted by molar-refractivity contribution is -0.122. The van der Waals surface area contributed by atoms with Crippen molar-refractivity contribution in [3.05, 3.63) is 29.8 Å². The molecule has 2 N–H and O–H groups in total. The summed E-state index contributed by atoms with van der Waals surface area (Å²) in [6.07, 6.45) is 4.92. The zero-order valence-electron chi connectivity index (χ0n) is 12.7. The van der Waals surface area contributed by atoms with Crippen molar-refractivity contribution in [1.82, 2.24) is 10.6 Å². The quantitative estimate of drug-likeness (QED) is 0.843. The van der Waals surface area contributed by atoms with E-state index in [4.69, 9.17) is 4.74 Å². The first-order valence-corrected chi connectivity index (χ1v) is 7.88. The fourth-order valence-electron chi connectivity index (χ4n) is 3.15. The summed E-state index contributed by atoms with van der Waals surface area (Å²) in [5.41, 5.74) is 1.08. The van der Waals surface area contributed by atoms with E-state index in [9.17, 15) is 4.79 Å². The molecule has 114 valence electrons. The number of rotatable bonds is 6. The van der Waals surface area contributed by atoms with Gasteiger partial charge in [0.05, 0.1) is 12.6 Å². The number of hydrogen-bond donors (Lipinski definition) is 2. The Hall–Kier alpha value is -1.55. The Balaban J connectivity index is 1.54. The van der Waals surface area contributed by atoms with Crippen molar-refractivity contribution >= 4 is 5.91 Å². The van der Waals surface area contributed by atoms with Crippen molar-refractivity contribution in [3.63, 3.8) is 0 Å². The van der Waals surface area contributed by atoms with Crippen LogP contribution in [0.3, 0.4) is 0 Å². The number of ether oxygens (including phenoxy) is 1. The Morgan fingerprint density at radius 2 is 2.14 bits per heavy atom. The number of methoxy groups -OCH3 is 1. The van der Waals surface area contributed by atoms with E-state index in [1.807, 2.05) is 12.1 Å². The summed E-state index contributed by atoms with van der Waals surface area (Å²) in [6.45, 7) is 2.17. The third kappa shape index (κ3) is 3.38. The van der Waals surface area contributed by atoms with Crippen molar-refractivity contribution in [2.45, 2.75) is 37.6 Å². The molecule has 2 fully saturated rings. The largest absolute Gasteiger partial charge is 0.497 e. The minimum absolute atomic E-state index is 0.114. The van der Waals surface area contributed by atoms with Gasteiger partial charge in [0, 0.05) is 6.42 Å². The van der Waals surface area contributed by atoms with Gasteiger partial charge in [-0.15, -0.1) is 0 Å². The number of benzene rings is 1. The van der Waals surface area contributed by atoms with Crippen LogP contribution >= 0.6 is 0 Å². The Morgan fingerprint density at radius 3 is 2.71 bits per heavy atom. The second-order valence-electron chi connectivity index (χ2n) is 6.26. The van der Waals surface area contributed by atoms with Crippen LogP contribution in [0.25, 0.3) is 0 Å². The van der Waals surface area contributed by atoms with Crippen LogP contribution in [0.1, 0.15) is 37.7 Å². The lowest BCUT2D eigenvalue weighted by Gasteiger charge is -2.19. The van der Waals surface area contributed by atoms with Crippen LogP contribution in [-0.2, 0) is 10.3 Å². The van der Waals surface area contributed by atoms with Crippen LogP contribution in [0.2, 0.25) is 0 Å². The van der Waals surface area contributed by atoms with E-state index in [1.54, 1.807) is 7.11 Å². The molecule has 21 heavy (non-hydrogen) atoms. The topological polar surface area (TPSA) is 50.4 Å². The molecule has 1 atom stereocenters. The van der Waals surface area contributed by atoms with Gasteiger partial charge in [0.1, 0.15) is 5.75 Å². The van der Waals surface area contributed by atoms with Crippen molar-refractivity contribution in [1.29, 1.82) is 0 Å². The Bertz CT molecular complexity index is 488. The Kier molecular flexibility index (Phi) is 4.15. The van der Waals surface area contributed by atoms with E-state index < -0.39 is 0 Å². The molecule has 3 rings (SSSR count). The number of nitrogens with one attached hydrogen (secondary N) is 2. The van der Waals surface area contributed by atoms with E-state index in [1.165, 1.54) is 12.0 Å². The standard InChI is InChI=1S/C17H24N2O2/c1-21-15-5-3-14(4-6-15)17(9-10-17)19-16(20)7-2-13-8-11-18-12-13/h3-6,13,18H,2,7-12H2,1H3,(H,19,20). The number of carbonyl (C=O) groups excluding carboxylic acids is 1. The molecule has 1 heterocycles. The van der Waals surface area contributed by atoms with Gasteiger partial charge in [0.15, 0.2) is 0 Å². The second kappa shape index (κ2) is 6.06. The molecule has 1 aromatic carbocycles. The van der Waals surface area contributed by atoms with Gasteiger partial charge in [-0.3, -0.25) is 4.79 Å². The van der Waals surface area contributed by atoms with Crippen LogP contribution in [0.5, 0.6) is 5.75 Å². The van der Waals surface area contributed by atoms with Crippen molar-refractivity contribution in [3.8, 4) is 5.75 Å². The van der Waals surface area contributed by atoms with Gasteiger partial charge in [-0.2, -0.15) is 0 Å². The first-order valence-electron chi connectivity index (χ1n) is 7.88. The zero-order chi connectivity index (χ0) is 14.7. The molecule has 0 radical (unpaired) electrons. The average Bonchev–Trinajstić information content (AvgIpc) is 3.10. The zero-order valence-corrected chi connectivity index (χ0v) is 12.7. The minimum atomic E-state index is -0.114. The summed E-state index contributed by atoms with van der Waals surface area (Å²) in [4.78, 5) is 12.2. The van der Waals surface area contributed by atoms with Gasteiger partial charge in [-0.05, 0) is 62.4 Å². The molecule has 1 aliphatic heterocycles. The second-order valence-corrected chi connectivity index (χ2v) is 6.26. The monoisotopic (exact) mass is 288 g/mol. The van der Waals surface area contributed by atoms with Crippen LogP contribution < -0.4 is 15.4 Å².